The summed E-state index contributed by atoms with van der Waals surface area (Å²) in [6.45, 7) is 9.19. The first-order valence-corrected chi connectivity index (χ1v) is 8.69. The molecule has 1 fully saturated rings. The van der Waals surface area contributed by atoms with E-state index in [-0.39, 0.29) is 11.5 Å². The van der Waals surface area contributed by atoms with Gasteiger partial charge >= 0.3 is 0 Å². The molecule has 2 atom stereocenters. The number of halogens is 1. The highest BCUT2D eigenvalue weighted by molar-refractivity contribution is 6.18. The van der Waals surface area contributed by atoms with Crippen LogP contribution in [0.15, 0.2) is 0 Å². The van der Waals surface area contributed by atoms with Gasteiger partial charge in [-0.15, -0.1) is 11.6 Å². The number of rotatable bonds is 13. The van der Waals surface area contributed by atoms with Gasteiger partial charge in [0.05, 0.1) is 32.5 Å². The quantitative estimate of drug-likeness (QED) is 0.385. The second-order valence-electron chi connectivity index (χ2n) is 5.70. The van der Waals surface area contributed by atoms with E-state index in [2.05, 4.69) is 13.8 Å². The number of alkyl halides is 1. The molecule has 1 heterocycles. The molecule has 126 valence electrons. The van der Waals surface area contributed by atoms with Gasteiger partial charge in [0.25, 0.3) is 0 Å². The lowest BCUT2D eigenvalue weighted by atomic mass is 9.81. The monoisotopic (exact) mass is 322 g/mol. The number of hydrogen-bond donors (Lipinski definition) is 0. The number of ether oxygens (including phenoxy) is 4. The highest BCUT2D eigenvalue weighted by Gasteiger charge is 2.40. The maximum absolute atomic E-state index is 6.12. The molecule has 0 radical (unpaired) electrons. The molecule has 1 rings (SSSR count). The van der Waals surface area contributed by atoms with Gasteiger partial charge in [0.2, 0.25) is 0 Å². The zero-order chi connectivity index (χ0) is 15.4. The Morgan fingerprint density at radius 1 is 1.05 bits per heavy atom. The van der Waals surface area contributed by atoms with Crippen LogP contribution in [0.3, 0.4) is 0 Å². The Labute approximate surface area is 134 Å². The van der Waals surface area contributed by atoms with Crippen LogP contribution in [0.5, 0.6) is 0 Å². The third-order valence-corrected chi connectivity index (χ3v) is 4.76. The largest absolute Gasteiger partial charge is 0.379 e. The molecule has 0 aromatic rings. The fourth-order valence-corrected chi connectivity index (χ4v) is 2.94. The van der Waals surface area contributed by atoms with Gasteiger partial charge in [0.15, 0.2) is 0 Å². The summed E-state index contributed by atoms with van der Waals surface area (Å²) in [5.41, 5.74) is 0.0928. The van der Waals surface area contributed by atoms with Crippen LogP contribution in [0.2, 0.25) is 0 Å². The van der Waals surface area contributed by atoms with Crippen LogP contribution in [-0.2, 0) is 18.9 Å². The van der Waals surface area contributed by atoms with Crippen LogP contribution in [0, 0.1) is 5.41 Å². The molecular formula is C16H31ClO4. The van der Waals surface area contributed by atoms with E-state index in [4.69, 9.17) is 30.5 Å². The smallest absolute Gasteiger partial charge is 0.0701 e. The van der Waals surface area contributed by atoms with E-state index in [1.165, 1.54) is 6.42 Å². The second kappa shape index (κ2) is 11.7. The molecule has 0 spiro atoms. The summed E-state index contributed by atoms with van der Waals surface area (Å²) in [5.74, 6) is 0.642. The summed E-state index contributed by atoms with van der Waals surface area (Å²) in [5, 5.41) is 0. The fraction of sp³-hybridized carbons (Fsp3) is 1.00. The van der Waals surface area contributed by atoms with Crippen molar-refractivity contribution in [2.45, 2.75) is 45.6 Å². The molecule has 0 aliphatic carbocycles. The first-order valence-electron chi connectivity index (χ1n) is 8.16. The SMILES string of the molecule is CCCCOCCOCCOCCC1(CCl)CCOC1C. The van der Waals surface area contributed by atoms with Crippen LogP contribution in [0.1, 0.15) is 39.5 Å². The zero-order valence-electron chi connectivity index (χ0n) is 13.6. The van der Waals surface area contributed by atoms with Gasteiger partial charge in [-0.1, -0.05) is 13.3 Å². The van der Waals surface area contributed by atoms with Gasteiger partial charge in [-0.05, 0) is 26.2 Å². The molecule has 0 aromatic carbocycles. The van der Waals surface area contributed by atoms with Crippen molar-refractivity contribution in [3.63, 3.8) is 0 Å². The number of hydrogen-bond acceptors (Lipinski definition) is 4. The molecular weight excluding hydrogens is 292 g/mol. The van der Waals surface area contributed by atoms with E-state index >= 15 is 0 Å². The average molecular weight is 323 g/mol. The standard InChI is InChI=1S/C16H31ClO4/c1-3-4-7-18-10-12-20-13-11-19-8-5-16(14-17)6-9-21-15(16)2/h15H,3-14H2,1-2H3. The molecule has 21 heavy (non-hydrogen) atoms. The second-order valence-corrected chi connectivity index (χ2v) is 5.97. The van der Waals surface area contributed by atoms with Crippen LogP contribution in [-0.4, -0.2) is 58.2 Å². The Kier molecular flexibility index (Phi) is 10.7. The van der Waals surface area contributed by atoms with Gasteiger partial charge in [-0.2, -0.15) is 0 Å². The lowest BCUT2D eigenvalue weighted by Gasteiger charge is -2.29. The Bertz CT molecular complexity index is 252. The first-order chi connectivity index (χ1) is 10.2. The van der Waals surface area contributed by atoms with Gasteiger partial charge < -0.3 is 18.9 Å². The summed E-state index contributed by atoms with van der Waals surface area (Å²) in [6.07, 6.45) is 4.51. The molecule has 1 saturated heterocycles. The molecule has 0 aromatic heterocycles. The summed E-state index contributed by atoms with van der Waals surface area (Å²) >= 11 is 6.12. The molecule has 5 heteroatoms. The Morgan fingerprint density at radius 3 is 2.19 bits per heavy atom. The van der Waals surface area contributed by atoms with Crippen molar-refractivity contribution in [2.75, 3.05) is 52.1 Å². The minimum absolute atomic E-state index is 0.0928. The van der Waals surface area contributed by atoms with E-state index < -0.39 is 0 Å². The average Bonchev–Trinajstić information content (AvgIpc) is 2.86. The maximum atomic E-state index is 6.12. The van der Waals surface area contributed by atoms with Crippen LogP contribution < -0.4 is 0 Å². The predicted octanol–water partition coefficient (Wildman–Crippen LogP) is 3.26. The highest BCUT2D eigenvalue weighted by atomic mass is 35.5. The lowest BCUT2D eigenvalue weighted by molar-refractivity contribution is 0.00249. The molecule has 2 unspecified atom stereocenters. The zero-order valence-corrected chi connectivity index (χ0v) is 14.3. The predicted molar refractivity (Wildman–Crippen MR) is 85.2 cm³/mol. The lowest BCUT2D eigenvalue weighted by Crippen LogP contribution is -2.32. The Balaban J connectivity index is 1.90. The molecule has 0 bridgehead atoms. The van der Waals surface area contributed by atoms with E-state index in [1.807, 2.05) is 0 Å². The van der Waals surface area contributed by atoms with Gasteiger partial charge in [0.1, 0.15) is 0 Å². The summed E-state index contributed by atoms with van der Waals surface area (Å²) in [7, 11) is 0. The van der Waals surface area contributed by atoms with Crippen LogP contribution >= 0.6 is 11.6 Å². The fourth-order valence-electron chi connectivity index (χ4n) is 2.45. The van der Waals surface area contributed by atoms with Crippen molar-refractivity contribution in [2.24, 2.45) is 5.41 Å². The van der Waals surface area contributed by atoms with Crippen molar-refractivity contribution in [1.29, 1.82) is 0 Å². The van der Waals surface area contributed by atoms with Gasteiger partial charge in [-0.3, -0.25) is 0 Å². The molecule has 0 saturated carbocycles. The minimum Gasteiger partial charge on any atom is -0.379 e. The number of unbranched alkanes of at least 4 members (excludes halogenated alkanes) is 1. The normalized spacial score (nSPS) is 25.6. The topological polar surface area (TPSA) is 36.9 Å². The molecule has 0 amide bonds. The van der Waals surface area contributed by atoms with Crippen molar-refractivity contribution >= 4 is 11.6 Å². The van der Waals surface area contributed by atoms with E-state index in [0.717, 1.165) is 39.1 Å². The van der Waals surface area contributed by atoms with Crippen molar-refractivity contribution in [3.05, 3.63) is 0 Å². The molecule has 1 aliphatic heterocycles. The molecule has 1 aliphatic rings. The molecule has 4 nitrogen and oxygen atoms in total. The Hall–Kier alpha value is 0.130. The Morgan fingerprint density at radius 2 is 1.67 bits per heavy atom. The summed E-state index contributed by atoms with van der Waals surface area (Å²) in [6, 6.07) is 0. The third-order valence-electron chi connectivity index (χ3n) is 4.23. The van der Waals surface area contributed by atoms with Crippen LogP contribution in [0.25, 0.3) is 0 Å². The maximum Gasteiger partial charge on any atom is 0.0701 e. The molecule has 0 N–H and O–H groups in total. The van der Waals surface area contributed by atoms with Crippen molar-refractivity contribution < 1.29 is 18.9 Å². The van der Waals surface area contributed by atoms with Crippen molar-refractivity contribution in [1.82, 2.24) is 0 Å². The highest BCUT2D eigenvalue weighted by Crippen LogP contribution is 2.39. The van der Waals surface area contributed by atoms with E-state index in [1.54, 1.807) is 0 Å². The summed E-state index contributed by atoms with van der Waals surface area (Å²) in [4.78, 5) is 0. The van der Waals surface area contributed by atoms with Gasteiger partial charge in [-0.25, -0.2) is 0 Å². The third kappa shape index (κ3) is 7.29. The van der Waals surface area contributed by atoms with Crippen molar-refractivity contribution in [3.8, 4) is 0 Å². The first kappa shape index (κ1) is 19.2. The van der Waals surface area contributed by atoms with Crippen LogP contribution in [0.4, 0.5) is 0 Å². The summed E-state index contributed by atoms with van der Waals surface area (Å²) < 4.78 is 22.1. The van der Waals surface area contributed by atoms with E-state index in [0.29, 0.717) is 32.3 Å². The minimum atomic E-state index is 0.0928. The van der Waals surface area contributed by atoms with E-state index in [9.17, 15) is 0 Å². The van der Waals surface area contributed by atoms with Gasteiger partial charge in [0, 0.05) is 31.1 Å².